The summed E-state index contributed by atoms with van der Waals surface area (Å²) in [4.78, 5) is 21.5. The highest BCUT2D eigenvalue weighted by Crippen LogP contribution is 2.23. The van der Waals surface area contributed by atoms with Crippen LogP contribution in [0, 0.1) is 5.92 Å². The fraction of sp³-hybridized carbons (Fsp3) is 0.529. The second-order valence-electron chi connectivity index (χ2n) is 6.24. The van der Waals surface area contributed by atoms with Crippen LogP contribution in [0.2, 0.25) is 0 Å². The van der Waals surface area contributed by atoms with Gasteiger partial charge in [0.25, 0.3) is 0 Å². The largest absolute Gasteiger partial charge is 0.381 e. The molecule has 122 valence electrons. The molecule has 1 aromatic carbocycles. The molecule has 0 aliphatic carbocycles. The number of carbonyl (C=O) groups excluding carboxylic acids is 1. The number of hydrogen-bond acceptors (Lipinski definition) is 5. The maximum Gasteiger partial charge on any atom is 0.228 e. The molecule has 2 aliphatic rings. The molecule has 6 heteroatoms. The molecule has 2 aromatic rings. The van der Waals surface area contributed by atoms with Crippen molar-refractivity contribution in [3.63, 3.8) is 0 Å². The Kier molecular flexibility index (Phi) is 4.29. The molecular weight excluding hydrogens is 310 g/mol. The molecule has 0 bridgehead atoms. The maximum absolute atomic E-state index is 12.4. The predicted octanol–water partition coefficient (Wildman–Crippen LogP) is 1.98. The van der Waals surface area contributed by atoms with Crippen LogP contribution in [-0.2, 0) is 16.1 Å². The van der Waals surface area contributed by atoms with Crippen molar-refractivity contribution >= 4 is 27.5 Å². The number of thiazole rings is 1. The highest BCUT2D eigenvalue weighted by Gasteiger charge is 2.30. The third kappa shape index (κ3) is 3.24. The summed E-state index contributed by atoms with van der Waals surface area (Å²) in [6.45, 7) is 5.71. The van der Waals surface area contributed by atoms with E-state index in [1.807, 2.05) is 11.0 Å². The zero-order chi connectivity index (χ0) is 15.6. The van der Waals surface area contributed by atoms with Gasteiger partial charge in [-0.15, -0.1) is 11.3 Å². The van der Waals surface area contributed by atoms with Gasteiger partial charge in [0.05, 0.1) is 29.3 Å². The van der Waals surface area contributed by atoms with Crippen molar-refractivity contribution in [3.05, 3.63) is 29.3 Å². The fourth-order valence-electron chi connectivity index (χ4n) is 3.29. The molecule has 4 rings (SSSR count). The highest BCUT2D eigenvalue weighted by molar-refractivity contribution is 7.18. The van der Waals surface area contributed by atoms with Crippen molar-refractivity contribution in [1.82, 2.24) is 14.8 Å². The first-order chi connectivity index (χ1) is 11.3. The fourth-order valence-corrected chi connectivity index (χ4v) is 4.30. The van der Waals surface area contributed by atoms with Crippen molar-refractivity contribution in [2.75, 3.05) is 39.4 Å². The van der Waals surface area contributed by atoms with Crippen LogP contribution >= 0.6 is 11.3 Å². The van der Waals surface area contributed by atoms with E-state index in [4.69, 9.17) is 9.72 Å². The Bertz CT molecular complexity index is 655. The van der Waals surface area contributed by atoms with Crippen molar-refractivity contribution in [2.24, 2.45) is 5.92 Å². The SMILES string of the molecule is O=C(C1CCOC1)N1CCN(Cc2nc3ccccc3s2)CC1. The predicted molar refractivity (Wildman–Crippen MR) is 90.4 cm³/mol. The van der Waals surface area contributed by atoms with E-state index in [-0.39, 0.29) is 11.8 Å². The summed E-state index contributed by atoms with van der Waals surface area (Å²) in [5.74, 6) is 0.368. The van der Waals surface area contributed by atoms with Crippen LogP contribution in [0.15, 0.2) is 24.3 Å². The lowest BCUT2D eigenvalue weighted by molar-refractivity contribution is -0.137. The van der Waals surface area contributed by atoms with Gasteiger partial charge >= 0.3 is 0 Å². The minimum Gasteiger partial charge on any atom is -0.381 e. The zero-order valence-electron chi connectivity index (χ0n) is 13.1. The van der Waals surface area contributed by atoms with Crippen molar-refractivity contribution in [2.45, 2.75) is 13.0 Å². The number of piperazine rings is 1. The van der Waals surface area contributed by atoms with Crippen molar-refractivity contribution in [1.29, 1.82) is 0 Å². The van der Waals surface area contributed by atoms with E-state index in [1.165, 1.54) is 4.70 Å². The summed E-state index contributed by atoms with van der Waals surface area (Å²) >= 11 is 1.77. The monoisotopic (exact) mass is 331 g/mol. The van der Waals surface area contributed by atoms with E-state index < -0.39 is 0 Å². The number of carbonyl (C=O) groups is 1. The third-order valence-electron chi connectivity index (χ3n) is 4.66. The van der Waals surface area contributed by atoms with Crippen LogP contribution in [0.5, 0.6) is 0 Å². The molecule has 0 spiro atoms. The van der Waals surface area contributed by atoms with Crippen molar-refractivity contribution in [3.8, 4) is 0 Å². The second-order valence-corrected chi connectivity index (χ2v) is 7.35. The van der Waals surface area contributed by atoms with E-state index in [1.54, 1.807) is 11.3 Å². The molecule has 2 saturated heterocycles. The maximum atomic E-state index is 12.4. The number of benzene rings is 1. The van der Waals surface area contributed by atoms with Gasteiger partial charge in [0.15, 0.2) is 0 Å². The number of amides is 1. The lowest BCUT2D eigenvalue weighted by Crippen LogP contribution is -2.50. The van der Waals surface area contributed by atoms with E-state index in [2.05, 4.69) is 23.1 Å². The van der Waals surface area contributed by atoms with Gasteiger partial charge in [-0.2, -0.15) is 0 Å². The molecule has 3 heterocycles. The molecule has 1 aromatic heterocycles. The minimum absolute atomic E-state index is 0.0887. The Hall–Kier alpha value is -1.50. The first-order valence-corrected chi connectivity index (χ1v) is 9.04. The van der Waals surface area contributed by atoms with Crippen LogP contribution in [-0.4, -0.2) is 60.1 Å². The summed E-state index contributed by atoms with van der Waals surface area (Å²) in [6.07, 6.45) is 0.880. The van der Waals surface area contributed by atoms with E-state index in [0.717, 1.165) is 56.3 Å². The first-order valence-electron chi connectivity index (χ1n) is 8.23. The number of rotatable bonds is 3. The van der Waals surface area contributed by atoms with Crippen LogP contribution < -0.4 is 0 Å². The van der Waals surface area contributed by atoms with Gasteiger partial charge in [0.1, 0.15) is 5.01 Å². The Labute approximate surface area is 139 Å². The number of hydrogen-bond donors (Lipinski definition) is 0. The van der Waals surface area contributed by atoms with Crippen LogP contribution in [0.1, 0.15) is 11.4 Å². The molecule has 1 unspecified atom stereocenters. The number of fused-ring (bicyclic) bond motifs is 1. The van der Waals surface area contributed by atoms with Gasteiger partial charge in [-0.1, -0.05) is 12.1 Å². The van der Waals surface area contributed by atoms with Gasteiger partial charge in [0.2, 0.25) is 5.91 Å². The molecule has 0 radical (unpaired) electrons. The summed E-state index contributed by atoms with van der Waals surface area (Å²) in [5.41, 5.74) is 1.09. The van der Waals surface area contributed by atoms with Crippen LogP contribution in [0.25, 0.3) is 10.2 Å². The lowest BCUT2D eigenvalue weighted by Gasteiger charge is -2.35. The number of ether oxygens (including phenoxy) is 1. The molecule has 5 nitrogen and oxygen atoms in total. The molecule has 23 heavy (non-hydrogen) atoms. The first kappa shape index (κ1) is 15.1. The molecule has 2 aliphatic heterocycles. The number of nitrogens with zero attached hydrogens (tertiary/aromatic N) is 3. The van der Waals surface area contributed by atoms with Gasteiger partial charge in [0, 0.05) is 32.8 Å². The quantitative estimate of drug-likeness (QED) is 0.863. The summed E-state index contributed by atoms with van der Waals surface area (Å²) in [5, 5.41) is 1.16. The minimum atomic E-state index is 0.0887. The average molecular weight is 331 g/mol. The summed E-state index contributed by atoms with van der Waals surface area (Å²) in [6, 6.07) is 8.27. The molecule has 0 N–H and O–H groups in total. The van der Waals surface area contributed by atoms with Gasteiger partial charge in [-0.3, -0.25) is 9.69 Å². The van der Waals surface area contributed by atoms with Crippen LogP contribution in [0.4, 0.5) is 0 Å². The zero-order valence-corrected chi connectivity index (χ0v) is 13.9. The Balaban J connectivity index is 1.33. The number of para-hydroxylation sites is 1. The highest BCUT2D eigenvalue weighted by atomic mass is 32.1. The topological polar surface area (TPSA) is 45.7 Å². The normalized spacial score (nSPS) is 22.8. The van der Waals surface area contributed by atoms with Gasteiger partial charge < -0.3 is 9.64 Å². The summed E-state index contributed by atoms with van der Waals surface area (Å²) < 4.78 is 6.58. The summed E-state index contributed by atoms with van der Waals surface area (Å²) in [7, 11) is 0. The van der Waals surface area contributed by atoms with E-state index in [9.17, 15) is 4.79 Å². The number of aromatic nitrogens is 1. The smallest absolute Gasteiger partial charge is 0.228 e. The Morgan fingerprint density at radius 2 is 2.09 bits per heavy atom. The lowest BCUT2D eigenvalue weighted by atomic mass is 10.1. The Morgan fingerprint density at radius 3 is 2.83 bits per heavy atom. The molecular formula is C17H21N3O2S. The molecule has 0 saturated carbocycles. The third-order valence-corrected chi connectivity index (χ3v) is 5.68. The van der Waals surface area contributed by atoms with E-state index >= 15 is 0 Å². The molecule has 1 amide bonds. The Morgan fingerprint density at radius 1 is 1.26 bits per heavy atom. The second kappa shape index (κ2) is 6.55. The van der Waals surface area contributed by atoms with Gasteiger partial charge in [-0.05, 0) is 18.6 Å². The van der Waals surface area contributed by atoms with Crippen molar-refractivity contribution < 1.29 is 9.53 Å². The van der Waals surface area contributed by atoms with Gasteiger partial charge in [-0.25, -0.2) is 4.98 Å². The van der Waals surface area contributed by atoms with Crippen LogP contribution in [0.3, 0.4) is 0 Å². The average Bonchev–Trinajstić information content (AvgIpc) is 3.24. The van der Waals surface area contributed by atoms with E-state index in [0.29, 0.717) is 6.61 Å². The molecule has 2 fully saturated rings. The molecule has 1 atom stereocenters. The standard InChI is InChI=1S/C17H21N3O2S/c21-17(13-5-10-22-12-13)20-8-6-19(7-9-20)11-16-18-14-3-1-2-4-15(14)23-16/h1-4,13H,5-12H2.